The fraction of sp³-hybridized carbons (Fsp3) is 0.800. The predicted molar refractivity (Wildman–Crippen MR) is 49.6 cm³/mol. The molecule has 11 heavy (non-hydrogen) atoms. The summed E-state index contributed by atoms with van der Waals surface area (Å²) in [4.78, 5) is 0. The Balaban J connectivity index is 3.62. The van der Waals surface area contributed by atoms with Gasteiger partial charge in [0.1, 0.15) is 0 Å². The second-order valence-corrected chi connectivity index (χ2v) is 3.67. The lowest BCUT2D eigenvalue weighted by molar-refractivity contribution is 0.0480. The fourth-order valence-electron chi connectivity index (χ4n) is 0.849. The molecule has 0 aromatic rings. The van der Waals surface area contributed by atoms with E-state index in [0.717, 1.165) is 19.3 Å². The van der Waals surface area contributed by atoms with Crippen molar-refractivity contribution < 1.29 is 5.11 Å². The van der Waals surface area contributed by atoms with Crippen molar-refractivity contribution in [3.63, 3.8) is 0 Å². The molecule has 0 bridgehead atoms. The molecule has 0 fully saturated rings. The molecule has 0 aromatic carbocycles. The smallest absolute Gasteiger partial charge is 0.0620 e. The lowest BCUT2D eigenvalue weighted by Crippen LogP contribution is -2.21. The Morgan fingerprint density at radius 2 is 2.00 bits per heavy atom. The first-order valence-corrected chi connectivity index (χ1v) is 4.33. The third-order valence-electron chi connectivity index (χ3n) is 2.00. The van der Waals surface area contributed by atoms with Crippen LogP contribution in [0.5, 0.6) is 0 Å². The van der Waals surface area contributed by atoms with Crippen LogP contribution >= 0.6 is 0 Å². The molecular formula is C10H20O. The van der Waals surface area contributed by atoms with Crippen molar-refractivity contribution in [2.45, 2.75) is 52.6 Å². The van der Waals surface area contributed by atoms with Gasteiger partial charge in [-0.1, -0.05) is 18.6 Å². The van der Waals surface area contributed by atoms with Gasteiger partial charge >= 0.3 is 0 Å². The van der Waals surface area contributed by atoms with Crippen LogP contribution in [0.25, 0.3) is 0 Å². The Bertz CT molecular complexity index is 130. The standard InChI is InChI=1S/C10H20O/c1-5-10(4,11)8-6-7-9(2)3/h7,11H,5-6,8H2,1-4H3. The van der Waals surface area contributed by atoms with Gasteiger partial charge in [-0.3, -0.25) is 0 Å². The van der Waals surface area contributed by atoms with E-state index in [1.165, 1.54) is 5.57 Å². The van der Waals surface area contributed by atoms with Crippen LogP contribution in [0.3, 0.4) is 0 Å². The third-order valence-corrected chi connectivity index (χ3v) is 2.00. The molecule has 0 rings (SSSR count). The van der Waals surface area contributed by atoms with E-state index >= 15 is 0 Å². The van der Waals surface area contributed by atoms with E-state index in [1.54, 1.807) is 0 Å². The number of allylic oxidation sites excluding steroid dienone is 2. The summed E-state index contributed by atoms with van der Waals surface area (Å²) < 4.78 is 0. The molecule has 1 heteroatoms. The zero-order chi connectivity index (χ0) is 8.91. The van der Waals surface area contributed by atoms with E-state index in [-0.39, 0.29) is 0 Å². The molecule has 0 aliphatic carbocycles. The highest BCUT2D eigenvalue weighted by Gasteiger charge is 2.15. The maximum absolute atomic E-state index is 9.61. The van der Waals surface area contributed by atoms with Crippen LogP contribution < -0.4 is 0 Å². The highest BCUT2D eigenvalue weighted by molar-refractivity contribution is 4.93. The molecule has 1 nitrogen and oxygen atoms in total. The van der Waals surface area contributed by atoms with E-state index in [9.17, 15) is 5.11 Å². The van der Waals surface area contributed by atoms with Crippen molar-refractivity contribution >= 4 is 0 Å². The Morgan fingerprint density at radius 1 is 1.45 bits per heavy atom. The zero-order valence-electron chi connectivity index (χ0n) is 8.15. The minimum Gasteiger partial charge on any atom is -0.390 e. The minimum atomic E-state index is -0.466. The van der Waals surface area contributed by atoms with Crippen LogP contribution in [0.2, 0.25) is 0 Å². The second kappa shape index (κ2) is 4.55. The Hall–Kier alpha value is -0.300. The van der Waals surface area contributed by atoms with Gasteiger partial charge in [-0.2, -0.15) is 0 Å². The van der Waals surface area contributed by atoms with E-state index in [1.807, 2.05) is 13.8 Å². The molecule has 0 aliphatic heterocycles. The fourth-order valence-corrected chi connectivity index (χ4v) is 0.849. The number of hydrogen-bond acceptors (Lipinski definition) is 1. The molecular weight excluding hydrogens is 136 g/mol. The van der Waals surface area contributed by atoms with E-state index < -0.39 is 5.60 Å². The summed E-state index contributed by atoms with van der Waals surface area (Å²) in [5, 5.41) is 9.61. The molecule has 0 saturated heterocycles. The van der Waals surface area contributed by atoms with Gasteiger partial charge in [-0.15, -0.1) is 0 Å². The van der Waals surface area contributed by atoms with Crippen LogP contribution in [0.15, 0.2) is 11.6 Å². The first-order valence-electron chi connectivity index (χ1n) is 4.33. The number of hydrogen-bond donors (Lipinski definition) is 1. The molecule has 0 aromatic heterocycles. The first-order chi connectivity index (χ1) is 4.98. The summed E-state index contributed by atoms with van der Waals surface area (Å²) in [6, 6.07) is 0. The topological polar surface area (TPSA) is 20.2 Å². The maximum atomic E-state index is 9.61. The van der Waals surface area contributed by atoms with Gasteiger partial charge < -0.3 is 5.11 Å². The Morgan fingerprint density at radius 3 is 2.36 bits per heavy atom. The average Bonchev–Trinajstić information content (AvgIpc) is 1.87. The van der Waals surface area contributed by atoms with Gasteiger partial charge in [0.15, 0.2) is 0 Å². The summed E-state index contributed by atoms with van der Waals surface area (Å²) in [5.41, 5.74) is 0.864. The van der Waals surface area contributed by atoms with Gasteiger partial charge in [0.2, 0.25) is 0 Å². The van der Waals surface area contributed by atoms with Crippen molar-refractivity contribution in [1.82, 2.24) is 0 Å². The van der Waals surface area contributed by atoms with Crippen LogP contribution in [-0.2, 0) is 0 Å². The van der Waals surface area contributed by atoms with E-state index in [4.69, 9.17) is 0 Å². The number of aliphatic hydroxyl groups is 1. The molecule has 1 N–H and O–H groups in total. The summed E-state index contributed by atoms with van der Waals surface area (Å²) in [6.07, 6.45) is 4.87. The van der Waals surface area contributed by atoms with Gasteiger partial charge in [-0.05, 0) is 40.0 Å². The minimum absolute atomic E-state index is 0.466. The van der Waals surface area contributed by atoms with Crippen molar-refractivity contribution in [3.05, 3.63) is 11.6 Å². The molecule has 0 spiro atoms. The van der Waals surface area contributed by atoms with Crippen LogP contribution in [0.1, 0.15) is 47.0 Å². The predicted octanol–water partition coefficient (Wildman–Crippen LogP) is 2.89. The Kier molecular flexibility index (Phi) is 4.43. The molecule has 0 amide bonds. The van der Waals surface area contributed by atoms with Gasteiger partial charge in [-0.25, -0.2) is 0 Å². The molecule has 1 atom stereocenters. The monoisotopic (exact) mass is 156 g/mol. The zero-order valence-corrected chi connectivity index (χ0v) is 8.15. The number of rotatable bonds is 4. The highest BCUT2D eigenvalue weighted by atomic mass is 16.3. The normalized spacial score (nSPS) is 15.7. The van der Waals surface area contributed by atoms with Gasteiger partial charge in [0.05, 0.1) is 5.60 Å². The van der Waals surface area contributed by atoms with Crippen LogP contribution in [-0.4, -0.2) is 10.7 Å². The molecule has 0 heterocycles. The Labute approximate surface area is 70.1 Å². The molecule has 1 unspecified atom stereocenters. The van der Waals surface area contributed by atoms with Crippen molar-refractivity contribution in [2.24, 2.45) is 0 Å². The summed E-state index contributed by atoms with van der Waals surface area (Å²) in [6.45, 7) is 8.08. The summed E-state index contributed by atoms with van der Waals surface area (Å²) in [5.74, 6) is 0. The largest absolute Gasteiger partial charge is 0.390 e. The lowest BCUT2D eigenvalue weighted by atomic mass is 9.97. The summed E-state index contributed by atoms with van der Waals surface area (Å²) >= 11 is 0. The lowest BCUT2D eigenvalue weighted by Gasteiger charge is -2.19. The van der Waals surface area contributed by atoms with Gasteiger partial charge in [0, 0.05) is 0 Å². The first kappa shape index (κ1) is 10.7. The van der Waals surface area contributed by atoms with E-state index in [2.05, 4.69) is 19.9 Å². The van der Waals surface area contributed by atoms with E-state index in [0.29, 0.717) is 0 Å². The average molecular weight is 156 g/mol. The van der Waals surface area contributed by atoms with Crippen LogP contribution in [0, 0.1) is 0 Å². The quantitative estimate of drug-likeness (QED) is 0.620. The third kappa shape index (κ3) is 6.11. The van der Waals surface area contributed by atoms with Gasteiger partial charge in [0.25, 0.3) is 0 Å². The summed E-state index contributed by atoms with van der Waals surface area (Å²) in [7, 11) is 0. The van der Waals surface area contributed by atoms with Crippen molar-refractivity contribution in [3.8, 4) is 0 Å². The van der Waals surface area contributed by atoms with Crippen LogP contribution in [0.4, 0.5) is 0 Å². The highest BCUT2D eigenvalue weighted by Crippen LogP contribution is 2.16. The maximum Gasteiger partial charge on any atom is 0.0620 e. The molecule has 0 saturated carbocycles. The molecule has 0 aliphatic rings. The van der Waals surface area contributed by atoms with Crippen molar-refractivity contribution in [1.29, 1.82) is 0 Å². The molecule has 0 radical (unpaired) electrons. The SMILES string of the molecule is CCC(C)(O)CCC=C(C)C. The second-order valence-electron chi connectivity index (χ2n) is 3.67. The molecule has 66 valence electrons. The van der Waals surface area contributed by atoms with Crippen molar-refractivity contribution in [2.75, 3.05) is 0 Å².